The van der Waals surface area contributed by atoms with Crippen molar-refractivity contribution in [3.63, 3.8) is 0 Å². The Morgan fingerprint density at radius 1 is 1.22 bits per heavy atom. The molecule has 0 spiro atoms. The highest BCUT2D eigenvalue weighted by Crippen LogP contribution is 2.20. The Labute approximate surface area is 111 Å². The Bertz CT molecular complexity index is 282. The van der Waals surface area contributed by atoms with Gasteiger partial charge in [0.2, 0.25) is 0 Å². The highest BCUT2D eigenvalue weighted by atomic mass is 16.5. The molecule has 0 fully saturated rings. The number of unbranched alkanes of at least 4 members (excludes halogenated alkanes) is 1. The fraction of sp³-hybridized carbons (Fsp3) is 0.733. The van der Waals surface area contributed by atoms with Gasteiger partial charge < -0.3 is 9.73 Å². The van der Waals surface area contributed by atoms with Crippen molar-refractivity contribution in [3.8, 4) is 0 Å². The van der Waals surface area contributed by atoms with E-state index in [9.17, 15) is 4.79 Å². The van der Waals surface area contributed by atoms with Gasteiger partial charge in [-0.3, -0.25) is 4.79 Å². The van der Waals surface area contributed by atoms with Crippen molar-refractivity contribution < 1.29 is 9.53 Å². The lowest BCUT2D eigenvalue weighted by atomic mass is 9.92. The van der Waals surface area contributed by atoms with E-state index in [0.717, 1.165) is 19.3 Å². The van der Waals surface area contributed by atoms with Gasteiger partial charge in [-0.15, -0.1) is 0 Å². The SMILES string of the molecule is CN=CCCC=CCC(C)C(OC(C)=O)C(C)C. The van der Waals surface area contributed by atoms with Gasteiger partial charge in [0.05, 0.1) is 0 Å². The van der Waals surface area contributed by atoms with Crippen molar-refractivity contribution in [2.75, 3.05) is 7.05 Å². The second-order valence-electron chi connectivity index (χ2n) is 5.02. The Balaban J connectivity index is 4.09. The summed E-state index contributed by atoms with van der Waals surface area (Å²) < 4.78 is 5.38. The molecule has 18 heavy (non-hydrogen) atoms. The lowest BCUT2D eigenvalue weighted by molar-refractivity contribution is -0.151. The maximum absolute atomic E-state index is 11.1. The van der Waals surface area contributed by atoms with Gasteiger partial charge in [0.1, 0.15) is 6.10 Å². The summed E-state index contributed by atoms with van der Waals surface area (Å²) in [5.74, 6) is 0.512. The van der Waals surface area contributed by atoms with Crippen LogP contribution in [0.25, 0.3) is 0 Å². The molecule has 0 aliphatic carbocycles. The third kappa shape index (κ3) is 8.04. The highest BCUT2D eigenvalue weighted by Gasteiger charge is 2.22. The van der Waals surface area contributed by atoms with Crippen molar-refractivity contribution in [1.82, 2.24) is 0 Å². The Kier molecular flexibility index (Phi) is 9.25. The van der Waals surface area contributed by atoms with E-state index in [2.05, 4.69) is 37.9 Å². The molecule has 0 aliphatic heterocycles. The lowest BCUT2D eigenvalue weighted by Gasteiger charge is -2.26. The summed E-state index contributed by atoms with van der Waals surface area (Å²) >= 11 is 0. The van der Waals surface area contributed by atoms with Crippen molar-refractivity contribution in [1.29, 1.82) is 0 Å². The van der Waals surface area contributed by atoms with Crippen molar-refractivity contribution in [2.45, 2.75) is 53.1 Å². The number of hydrogen-bond donors (Lipinski definition) is 0. The summed E-state index contributed by atoms with van der Waals surface area (Å²) in [5, 5.41) is 0. The van der Waals surface area contributed by atoms with Crippen LogP contribution in [-0.2, 0) is 9.53 Å². The van der Waals surface area contributed by atoms with Gasteiger partial charge in [0.25, 0.3) is 0 Å². The monoisotopic (exact) mass is 253 g/mol. The van der Waals surface area contributed by atoms with Crippen molar-refractivity contribution >= 4 is 12.2 Å². The van der Waals surface area contributed by atoms with Crippen LogP contribution in [0.5, 0.6) is 0 Å². The number of aliphatic imine (C=N–C) groups is 1. The van der Waals surface area contributed by atoms with Crippen LogP contribution in [0.3, 0.4) is 0 Å². The average Bonchev–Trinajstić information content (AvgIpc) is 2.29. The van der Waals surface area contributed by atoms with Gasteiger partial charge in [-0.2, -0.15) is 0 Å². The van der Waals surface area contributed by atoms with Crippen LogP contribution in [-0.4, -0.2) is 25.3 Å². The molecule has 0 aromatic rings. The Morgan fingerprint density at radius 3 is 2.39 bits per heavy atom. The minimum atomic E-state index is -0.191. The Hall–Kier alpha value is -1.12. The number of nitrogens with zero attached hydrogens (tertiary/aromatic N) is 1. The molecule has 2 unspecified atom stereocenters. The summed E-state index contributed by atoms with van der Waals surface area (Å²) in [6.45, 7) is 7.78. The van der Waals surface area contributed by atoms with Crippen molar-refractivity contribution in [3.05, 3.63) is 12.2 Å². The lowest BCUT2D eigenvalue weighted by Crippen LogP contribution is -2.29. The van der Waals surface area contributed by atoms with Crippen LogP contribution in [0, 0.1) is 11.8 Å². The molecule has 3 heteroatoms. The zero-order chi connectivity index (χ0) is 14.0. The molecule has 104 valence electrons. The molecule has 0 bridgehead atoms. The summed E-state index contributed by atoms with van der Waals surface area (Å²) in [4.78, 5) is 15.0. The van der Waals surface area contributed by atoms with E-state index >= 15 is 0 Å². The number of esters is 1. The van der Waals surface area contributed by atoms with E-state index in [-0.39, 0.29) is 12.1 Å². The van der Waals surface area contributed by atoms with Gasteiger partial charge in [0, 0.05) is 14.0 Å². The number of hydrogen-bond acceptors (Lipinski definition) is 3. The van der Waals surface area contributed by atoms with E-state index < -0.39 is 0 Å². The molecule has 0 aromatic heterocycles. The van der Waals surface area contributed by atoms with Crippen LogP contribution in [0.2, 0.25) is 0 Å². The van der Waals surface area contributed by atoms with E-state index in [0.29, 0.717) is 11.8 Å². The fourth-order valence-electron chi connectivity index (χ4n) is 1.96. The van der Waals surface area contributed by atoms with Crippen molar-refractivity contribution in [2.24, 2.45) is 16.8 Å². The van der Waals surface area contributed by atoms with Gasteiger partial charge in [-0.05, 0) is 37.3 Å². The van der Waals surface area contributed by atoms with Crippen LogP contribution in [0.15, 0.2) is 17.1 Å². The normalized spacial score (nSPS) is 15.4. The molecule has 0 saturated carbocycles. The van der Waals surface area contributed by atoms with E-state index in [4.69, 9.17) is 4.74 Å². The largest absolute Gasteiger partial charge is 0.462 e. The smallest absolute Gasteiger partial charge is 0.302 e. The molecule has 0 aromatic carbocycles. The first-order valence-electron chi connectivity index (χ1n) is 6.71. The number of rotatable bonds is 8. The molecule has 0 heterocycles. The first-order chi connectivity index (χ1) is 8.49. The third-order valence-corrected chi connectivity index (χ3v) is 2.84. The quantitative estimate of drug-likeness (QED) is 0.287. The average molecular weight is 253 g/mol. The first-order valence-corrected chi connectivity index (χ1v) is 6.71. The number of carbonyl (C=O) groups excluding carboxylic acids is 1. The number of carbonyl (C=O) groups is 1. The zero-order valence-electron chi connectivity index (χ0n) is 12.3. The zero-order valence-corrected chi connectivity index (χ0v) is 12.3. The predicted octanol–water partition coefficient (Wildman–Crippen LogP) is 3.64. The molecule has 0 amide bonds. The molecule has 0 saturated heterocycles. The van der Waals surface area contributed by atoms with Gasteiger partial charge in [0.15, 0.2) is 0 Å². The van der Waals surface area contributed by atoms with Crippen LogP contribution >= 0.6 is 0 Å². The number of ether oxygens (including phenoxy) is 1. The summed E-state index contributed by atoms with van der Waals surface area (Å²) in [5.41, 5.74) is 0. The minimum absolute atomic E-state index is 0.00403. The molecule has 0 aliphatic rings. The van der Waals surface area contributed by atoms with Crippen LogP contribution in [0.4, 0.5) is 0 Å². The van der Waals surface area contributed by atoms with E-state index in [1.54, 1.807) is 7.05 Å². The summed E-state index contributed by atoms with van der Waals surface area (Å²) in [6, 6.07) is 0. The third-order valence-electron chi connectivity index (χ3n) is 2.84. The molecule has 3 nitrogen and oxygen atoms in total. The van der Waals surface area contributed by atoms with Gasteiger partial charge >= 0.3 is 5.97 Å². The summed E-state index contributed by atoms with van der Waals surface area (Å²) in [6.07, 6.45) is 9.21. The Morgan fingerprint density at radius 2 is 1.89 bits per heavy atom. The van der Waals surface area contributed by atoms with Gasteiger partial charge in [-0.25, -0.2) is 0 Å². The molecular weight excluding hydrogens is 226 g/mol. The fourth-order valence-corrected chi connectivity index (χ4v) is 1.96. The second kappa shape index (κ2) is 9.86. The molecular formula is C15H27NO2. The minimum Gasteiger partial charge on any atom is -0.462 e. The molecule has 0 N–H and O–H groups in total. The highest BCUT2D eigenvalue weighted by molar-refractivity contribution is 5.66. The first kappa shape index (κ1) is 16.9. The maximum Gasteiger partial charge on any atom is 0.302 e. The van der Waals surface area contributed by atoms with E-state index in [1.165, 1.54) is 6.92 Å². The predicted molar refractivity (Wildman–Crippen MR) is 77.0 cm³/mol. The van der Waals surface area contributed by atoms with E-state index in [1.807, 2.05) is 6.21 Å². The molecule has 2 atom stereocenters. The van der Waals surface area contributed by atoms with Crippen LogP contribution < -0.4 is 0 Å². The standard InChI is InChI=1S/C15H27NO2/c1-12(2)15(18-14(4)17)13(3)10-8-6-7-9-11-16-5/h6,8,11-13,15H,7,9-10H2,1-5H3. The molecule has 0 radical (unpaired) electrons. The van der Waals surface area contributed by atoms with Gasteiger partial charge in [-0.1, -0.05) is 32.9 Å². The summed E-state index contributed by atoms with van der Waals surface area (Å²) in [7, 11) is 1.79. The second-order valence-corrected chi connectivity index (χ2v) is 5.02. The maximum atomic E-state index is 11.1. The topological polar surface area (TPSA) is 38.7 Å². The number of allylic oxidation sites excluding steroid dienone is 2. The molecule has 0 rings (SSSR count). The van der Waals surface area contributed by atoms with Crippen LogP contribution in [0.1, 0.15) is 47.0 Å².